The lowest BCUT2D eigenvalue weighted by Gasteiger charge is -2.05. The van der Waals surface area contributed by atoms with Gasteiger partial charge in [0, 0.05) is 6.04 Å². The van der Waals surface area contributed by atoms with E-state index in [0.717, 1.165) is 5.00 Å². The van der Waals surface area contributed by atoms with E-state index in [9.17, 15) is 4.79 Å². The second kappa shape index (κ2) is 3.66. The highest BCUT2D eigenvalue weighted by Crippen LogP contribution is 2.28. The van der Waals surface area contributed by atoms with E-state index >= 15 is 0 Å². The van der Waals surface area contributed by atoms with Gasteiger partial charge in [0.1, 0.15) is 4.88 Å². The van der Waals surface area contributed by atoms with Crippen molar-refractivity contribution < 1.29 is 4.79 Å². The van der Waals surface area contributed by atoms with Crippen LogP contribution in [0.5, 0.6) is 0 Å². The summed E-state index contributed by atoms with van der Waals surface area (Å²) in [6.07, 6.45) is 0. The molecule has 0 aliphatic rings. The number of primary amides is 1. The molecule has 5 N–H and O–H groups in total. The number of nitrogen functional groups attached to an aromatic ring is 1. The van der Waals surface area contributed by atoms with Crippen LogP contribution < -0.4 is 16.8 Å². The maximum atomic E-state index is 10.8. The van der Waals surface area contributed by atoms with E-state index in [0.29, 0.717) is 16.6 Å². The van der Waals surface area contributed by atoms with Crippen molar-refractivity contribution in [2.24, 2.45) is 5.73 Å². The highest BCUT2D eigenvalue weighted by molar-refractivity contribution is 7.18. The first kappa shape index (κ1) is 9.85. The molecule has 13 heavy (non-hydrogen) atoms. The fourth-order valence-corrected chi connectivity index (χ4v) is 1.93. The van der Waals surface area contributed by atoms with Crippen molar-refractivity contribution in [1.29, 1.82) is 0 Å². The molecular weight excluding hydrogens is 186 g/mol. The third-order valence-corrected chi connectivity index (χ3v) is 2.51. The van der Waals surface area contributed by atoms with Crippen molar-refractivity contribution in [2.45, 2.75) is 19.9 Å². The zero-order valence-electron chi connectivity index (χ0n) is 7.63. The van der Waals surface area contributed by atoms with E-state index in [1.807, 2.05) is 13.8 Å². The lowest BCUT2D eigenvalue weighted by Crippen LogP contribution is -2.10. The second-order valence-electron chi connectivity index (χ2n) is 3.06. The van der Waals surface area contributed by atoms with Gasteiger partial charge in [-0.25, -0.2) is 0 Å². The van der Waals surface area contributed by atoms with Crippen LogP contribution in [0.3, 0.4) is 0 Å². The molecule has 0 fully saturated rings. The number of carbonyl (C=O) groups is 1. The van der Waals surface area contributed by atoms with Crippen LogP contribution in [0.2, 0.25) is 0 Å². The normalized spacial score (nSPS) is 10.4. The molecule has 0 saturated heterocycles. The molecule has 0 aliphatic heterocycles. The molecule has 0 unspecified atom stereocenters. The zero-order chi connectivity index (χ0) is 10.0. The maximum absolute atomic E-state index is 10.8. The van der Waals surface area contributed by atoms with E-state index in [-0.39, 0.29) is 0 Å². The van der Waals surface area contributed by atoms with Crippen molar-refractivity contribution in [1.82, 2.24) is 0 Å². The molecule has 72 valence electrons. The molecule has 0 bridgehead atoms. The fourth-order valence-electron chi connectivity index (χ4n) is 0.953. The van der Waals surface area contributed by atoms with Gasteiger partial charge in [0.2, 0.25) is 0 Å². The molecule has 0 radical (unpaired) electrons. The summed E-state index contributed by atoms with van der Waals surface area (Å²) >= 11 is 1.29. The fraction of sp³-hybridized carbons (Fsp3) is 0.375. The summed E-state index contributed by atoms with van der Waals surface area (Å²) < 4.78 is 0. The number of nitrogens with one attached hydrogen (secondary N) is 1. The lowest BCUT2D eigenvalue weighted by atomic mass is 10.3. The minimum absolute atomic E-state index is 0.318. The van der Waals surface area contributed by atoms with Crippen molar-refractivity contribution in [3.63, 3.8) is 0 Å². The van der Waals surface area contributed by atoms with Crippen LogP contribution in [-0.2, 0) is 0 Å². The molecule has 5 heteroatoms. The molecular formula is C8H13N3OS. The Morgan fingerprint density at radius 2 is 2.23 bits per heavy atom. The molecule has 1 aromatic heterocycles. The Morgan fingerprint density at radius 3 is 2.62 bits per heavy atom. The summed E-state index contributed by atoms with van der Waals surface area (Å²) in [6, 6.07) is 2.05. The monoisotopic (exact) mass is 199 g/mol. The number of amides is 1. The van der Waals surface area contributed by atoms with Gasteiger partial charge in [0.05, 0.1) is 10.7 Å². The zero-order valence-corrected chi connectivity index (χ0v) is 8.44. The number of thiophene rings is 1. The number of carbonyl (C=O) groups excluding carboxylic acids is 1. The number of rotatable bonds is 3. The predicted octanol–water partition coefficient (Wildman–Crippen LogP) is 1.25. The minimum Gasteiger partial charge on any atom is -0.397 e. The maximum Gasteiger partial charge on any atom is 0.260 e. The standard InChI is InChI=1S/C8H13N3OS/c1-4(2)11-6-3-5(9)7(13-6)8(10)12/h3-4,11H,9H2,1-2H3,(H2,10,12). The molecule has 4 nitrogen and oxygen atoms in total. The summed E-state index contributed by atoms with van der Waals surface area (Å²) in [5.74, 6) is -0.473. The van der Waals surface area contributed by atoms with E-state index in [4.69, 9.17) is 11.5 Å². The smallest absolute Gasteiger partial charge is 0.260 e. The first-order valence-corrected chi connectivity index (χ1v) is 4.78. The Bertz CT molecular complexity index is 319. The largest absolute Gasteiger partial charge is 0.397 e. The third-order valence-electron chi connectivity index (χ3n) is 1.42. The third kappa shape index (κ3) is 2.35. The van der Waals surface area contributed by atoms with Crippen LogP contribution in [0.1, 0.15) is 23.5 Å². The Kier molecular flexibility index (Phi) is 2.77. The Labute approximate surface area is 80.9 Å². The van der Waals surface area contributed by atoms with Gasteiger partial charge in [-0.3, -0.25) is 4.79 Å². The van der Waals surface area contributed by atoms with Gasteiger partial charge in [-0.2, -0.15) is 0 Å². The number of hydrogen-bond acceptors (Lipinski definition) is 4. The average Bonchev–Trinajstić information content (AvgIpc) is 2.29. The molecule has 0 aliphatic carbocycles. The van der Waals surface area contributed by atoms with Crippen LogP contribution in [0.25, 0.3) is 0 Å². The predicted molar refractivity (Wildman–Crippen MR) is 56.0 cm³/mol. The van der Waals surface area contributed by atoms with Gasteiger partial charge < -0.3 is 16.8 Å². The highest BCUT2D eigenvalue weighted by Gasteiger charge is 2.11. The van der Waals surface area contributed by atoms with Gasteiger partial charge in [0.25, 0.3) is 5.91 Å². The van der Waals surface area contributed by atoms with Crippen molar-refractivity contribution in [2.75, 3.05) is 11.1 Å². The molecule has 0 saturated carbocycles. The van der Waals surface area contributed by atoms with Gasteiger partial charge in [-0.05, 0) is 19.9 Å². The Hall–Kier alpha value is -1.23. The van der Waals surface area contributed by atoms with Gasteiger partial charge >= 0.3 is 0 Å². The average molecular weight is 199 g/mol. The molecule has 1 amide bonds. The molecule has 0 atom stereocenters. The van der Waals surface area contributed by atoms with Crippen molar-refractivity contribution in [3.8, 4) is 0 Å². The van der Waals surface area contributed by atoms with Crippen LogP contribution in [0.4, 0.5) is 10.7 Å². The molecule has 0 aromatic carbocycles. The van der Waals surface area contributed by atoms with Gasteiger partial charge in [-0.15, -0.1) is 11.3 Å². The summed E-state index contributed by atoms with van der Waals surface area (Å²) in [4.78, 5) is 11.3. The van der Waals surface area contributed by atoms with Crippen LogP contribution >= 0.6 is 11.3 Å². The summed E-state index contributed by atoms with van der Waals surface area (Å²) in [5, 5.41) is 4.03. The number of anilines is 2. The topological polar surface area (TPSA) is 81.1 Å². The molecule has 0 spiro atoms. The second-order valence-corrected chi connectivity index (χ2v) is 4.11. The van der Waals surface area contributed by atoms with Crippen molar-refractivity contribution >= 4 is 27.9 Å². The lowest BCUT2D eigenvalue weighted by molar-refractivity contribution is 0.100. The number of hydrogen-bond donors (Lipinski definition) is 3. The highest BCUT2D eigenvalue weighted by atomic mass is 32.1. The van der Waals surface area contributed by atoms with Crippen LogP contribution in [0, 0.1) is 0 Å². The minimum atomic E-state index is -0.473. The molecule has 1 rings (SSSR count). The summed E-state index contributed by atoms with van der Waals surface area (Å²) in [6.45, 7) is 4.03. The first-order chi connectivity index (χ1) is 6.00. The number of nitrogens with two attached hydrogens (primary N) is 2. The SMILES string of the molecule is CC(C)Nc1cc(N)c(C(N)=O)s1. The molecule has 1 aromatic rings. The van der Waals surface area contributed by atoms with Crippen molar-refractivity contribution in [3.05, 3.63) is 10.9 Å². The Morgan fingerprint density at radius 1 is 1.62 bits per heavy atom. The van der Waals surface area contributed by atoms with Gasteiger partial charge in [0.15, 0.2) is 0 Å². The van der Waals surface area contributed by atoms with E-state index in [1.54, 1.807) is 6.07 Å². The Balaban J connectivity index is 2.89. The first-order valence-electron chi connectivity index (χ1n) is 3.96. The van der Waals surface area contributed by atoms with Crippen LogP contribution in [0.15, 0.2) is 6.07 Å². The quantitative estimate of drug-likeness (QED) is 0.685. The summed E-state index contributed by atoms with van der Waals surface area (Å²) in [7, 11) is 0. The van der Waals surface area contributed by atoms with E-state index < -0.39 is 5.91 Å². The molecule has 1 heterocycles. The van der Waals surface area contributed by atoms with E-state index in [1.165, 1.54) is 11.3 Å². The van der Waals surface area contributed by atoms with Gasteiger partial charge in [-0.1, -0.05) is 0 Å². The van der Waals surface area contributed by atoms with E-state index in [2.05, 4.69) is 5.32 Å². The summed E-state index contributed by atoms with van der Waals surface area (Å²) in [5.41, 5.74) is 11.2. The van der Waals surface area contributed by atoms with Crippen LogP contribution in [-0.4, -0.2) is 11.9 Å².